The van der Waals surface area contributed by atoms with Crippen LogP contribution in [0.15, 0.2) is 101 Å². The minimum absolute atomic E-state index is 0.0307. The van der Waals surface area contributed by atoms with Gasteiger partial charge in [0.2, 0.25) is 0 Å². The van der Waals surface area contributed by atoms with Gasteiger partial charge in [-0.3, -0.25) is 4.79 Å². The molecule has 0 radical (unpaired) electrons. The summed E-state index contributed by atoms with van der Waals surface area (Å²) >= 11 is 1.82. The third-order valence-corrected chi connectivity index (χ3v) is 7.30. The van der Waals surface area contributed by atoms with Crippen LogP contribution in [0, 0.1) is 5.92 Å². The first-order chi connectivity index (χ1) is 14.7. The number of ketones is 1. The number of anilines is 1. The Bertz CT molecular complexity index is 1090. The average molecular weight is 412 g/mol. The molecule has 2 unspecified atom stereocenters. The molecule has 2 nitrogen and oxygen atoms in total. The van der Waals surface area contributed by atoms with Gasteiger partial charge in [0.25, 0.3) is 0 Å². The molecule has 1 aliphatic heterocycles. The van der Waals surface area contributed by atoms with Crippen molar-refractivity contribution < 1.29 is 4.79 Å². The summed E-state index contributed by atoms with van der Waals surface area (Å²) in [5.74, 6) is 0.664. The third kappa shape index (κ3) is 3.59. The highest BCUT2D eigenvalue weighted by atomic mass is 32.2. The van der Waals surface area contributed by atoms with E-state index in [-0.39, 0.29) is 5.25 Å². The van der Waals surface area contributed by atoms with Crippen molar-refractivity contribution in [2.45, 2.75) is 36.5 Å². The molecular formula is C27H25NOS. The summed E-state index contributed by atoms with van der Waals surface area (Å²) in [5.41, 5.74) is 5.87. The standard InChI is InChI=1S/C27H25NOS/c1-19-16-23-26(24(29)17-19)27(21-12-6-3-7-13-21)30-25-15-9-8-14-22(25)28(23)18-20-10-4-2-5-11-20/h2-15,19,27H,16-18H2,1H3. The van der Waals surface area contributed by atoms with Crippen LogP contribution in [0.5, 0.6) is 0 Å². The molecule has 5 rings (SSSR count). The van der Waals surface area contributed by atoms with Crippen LogP contribution in [0.25, 0.3) is 0 Å². The van der Waals surface area contributed by atoms with Gasteiger partial charge in [-0.1, -0.05) is 79.7 Å². The Morgan fingerprint density at radius 1 is 0.867 bits per heavy atom. The Kier molecular flexibility index (Phi) is 5.22. The molecule has 150 valence electrons. The summed E-state index contributed by atoms with van der Waals surface area (Å²) in [6.45, 7) is 2.97. The lowest BCUT2D eigenvalue weighted by Gasteiger charge is -2.34. The molecule has 0 N–H and O–H groups in total. The number of rotatable bonds is 3. The summed E-state index contributed by atoms with van der Waals surface area (Å²) in [7, 11) is 0. The molecule has 3 aromatic rings. The van der Waals surface area contributed by atoms with Gasteiger partial charge in [-0.25, -0.2) is 0 Å². The first-order valence-electron chi connectivity index (χ1n) is 10.6. The number of benzene rings is 3. The molecule has 0 saturated carbocycles. The molecule has 0 spiro atoms. The summed E-state index contributed by atoms with van der Waals surface area (Å²) in [6, 6.07) is 29.7. The molecule has 1 heterocycles. The number of allylic oxidation sites excluding steroid dienone is 1. The van der Waals surface area contributed by atoms with Gasteiger partial charge in [0.1, 0.15) is 0 Å². The van der Waals surface area contributed by atoms with Gasteiger partial charge in [-0.15, -0.1) is 11.8 Å². The quantitative estimate of drug-likeness (QED) is 0.473. The highest BCUT2D eigenvalue weighted by molar-refractivity contribution is 8.00. The molecule has 30 heavy (non-hydrogen) atoms. The van der Waals surface area contributed by atoms with Gasteiger partial charge in [-0.2, -0.15) is 0 Å². The largest absolute Gasteiger partial charge is 0.339 e. The zero-order valence-electron chi connectivity index (χ0n) is 17.1. The van der Waals surface area contributed by atoms with Gasteiger partial charge in [0, 0.05) is 29.1 Å². The predicted octanol–water partition coefficient (Wildman–Crippen LogP) is 6.79. The molecule has 3 heteroatoms. The minimum atomic E-state index is 0.0307. The van der Waals surface area contributed by atoms with Gasteiger partial charge < -0.3 is 4.90 Å². The van der Waals surface area contributed by atoms with Crippen molar-refractivity contribution in [1.82, 2.24) is 0 Å². The number of fused-ring (bicyclic) bond motifs is 1. The number of carbonyl (C=O) groups is 1. The van der Waals surface area contributed by atoms with Crippen molar-refractivity contribution in [3.05, 3.63) is 107 Å². The van der Waals surface area contributed by atoms with E-state index in [0.29, 0.717) is 18.1 Å². The van der Waals surface area contributed by atoms with Crippen LogP contribution in [0.3, 0.4) is 0 Å². The number of hydrogen-bond donors (Lipinski definition) is 0. The molecular weight excluding hydrogens is 386 g/mol. The Hall–Kier alpha value is -2.78. The van der Waals surface area contributed by atoms with E-state index >= 15 is 0 Å². The Balaban J connectivity index is 1.72. The van der Waals surface area contributed by atoms with Crippen LogP contribution in [0.1, 0.15) is 36.1 Å². The van der Waals surface area contributed by atoms with Crippen molar-refractivity contribution in [1.29, 1.82) is 0 Å². The normalized spacial score (nSPS) is 21.1. The molecule has 3 aromatic carbocycles. The molecule has 0 aromatic heterocycles. The summed E-state index contributed by atoms with van der Waals surface area (Å²) in [4.78, 5) is 17.1. The molecule has 0 bridgehead atoms. The first-order valence-corrected chi connectivity index (χ1v) is 11.5. The van der Waals surface area contributed by atoms with Crippen molar-refractivity contribution in [3.63, 3.8) is 0 Å². The van der Waals surface area contributed by atoms with Crippen molar-refractivity contribution in [3.8, 4) is 0 Å². The summed E-state index contributed by atoms with van der Waals surface area (Å²) in [5, 5.41) is 0.0307. The lowest BCUT2D eigenvalue weighted by molar-refractivity contribution is -0.117. The predicted molar refractivity (Wildman–Crippen MR) is 125 cm³/mol. The highest BCUT2D eigenvalue weighted by Crippen LogP contribution is 2.52. The second kappa shape index (κ2) is 8.16. The van der Waals surface area contributed by atoms with Crippen LogP contribution in [-0.4, -0.2) is 5.78 Å². The lowest BCUT2D eigenvalue weighted by atomic mass is 9.83. The maximum atomic E-state index is 13.4. The smallest absolute Gasteiger partial charge is 0.162 e. The molecule has 0 amide bonds. The Morgan fingerprint density at radius 3 is 2.30 bits per heavy atom. The number of carbonyl (C=O) groups excluding carboxylic acids is 1. The SMILES string of the molecule is CC1CC(=O)C2=C(C1)N(Cc1ccccc1)c1ccccc1SC2c1ccccc1. The van der Waals surface area contributed by atoms with Crippen LogP contribution in [0.4, 0.5) is 5.69 Å². The zero-order valence-corrected chi connectivity index (χ0v) is 17.9. The Labute approximate surface area is 182 Å². The maximum Gasteiger partial charge on any atom is 0.162 e. The van der Waals surface area contributed by atoms with Crippen LogP contribution < -0.4 is 4.90 Å². The highest BCUT2D eigenvalue weighted by Gasteiger charge is 2.37. The van der Waals surface area contributed by atoms with Crippen LogP contribution in [-0.2, 0) is 11.3 Å². The number of thioether (sulfide) groups is 1. The zero-order chi connectivity index (χ0) is 20.5. The maximum absolute atomic E-state index is 13.4. The van der Waals surface area contributed by atoms with Gasteiger partial charge in [0.05, 0.1) is 10.9 Å². The van der Waals surface area contributed by atoms with E-state index in [2.05, 4.69) is 90.7 Å². The van der Waals surface area contributed by atoms with E-state index in [1.807, 2.05) is 17.8 Å². The molecule has 2 atom stereocenters. The fourth-order valence-corrected chi connectivity index (χ4v) is 5.96. The molecule has 0 saturated heterocycles. The fourth-order valence-electron chi connectivity index (χ4n) is 4.57. The van der Waals surface area contributed by atoms with E-state index in [9.17, 15) is 4.79 Å². The van der Waals surface area contributed by atoms with Gasteiger partial charge >= 0.3 is 0 Å². The minimum Gasteiger partial charge on any atom is -0.339 e. The van der Waals surface area contributed by atoms with Crippen molar-refractivity contribution in [2.24, 2.45) is 5.92 Å². The third-order valence-electron chi connectivity index (χ3n) is 5.96. The second-order valence-electron chi connectivity index (χ2n) is 8.25. The summed E-state index contributed by atoms with van der Waals surface area (Å²) in [6.07, 6.45) is 1.57. The van der Waals surface area contributed by atoms with Crippen molar-refractivity contribution in [2.75, 3.05) is 4.90 Å². The van der Waals surface area contributed by atoms with E-state index in [1.165, 1.54) is 27.4 Å². The lowest BCUT2D eigenvalue weighted by Crippen LogP contribution is -2.30. The Morgan fingerprint density at radius 2 is 1.53 bits per heavy atom. The number of Topliss-reactive ketones (excluding diaryl/α,β-unsaturated/α-hetero) is 1. The number of hydrogen-bond acceptors (Lipinski definition) is 3. The van der Waals surface area contributed by atoms with E-state index < -0.39 is 0 Å². The van der Waals surface area contributed by atoms with E-state index in [4.69, 9.17) is 0 Å². The van der Waals surface area contributed by atoms with E-state index in [0.717, 1.165) is 18.5 Å². The molecule has 0 fully saturated rings. The topological polar surface area (TPSA) is 20.3 Å². The van der Waals surface area contributed by atoms with Crippen molar-refractivity contribution >= 4 is 23.2 Å². The second-order valence-corrected chi connectivity index (χ2v) is 9.39. The number of para-hydroxylation sites is 1. The van der Waals surface area contributed by atoms with Crippen LogP contribution in [0.2, 0.25) is 0 Å². The first kappa shape index (κ1) is 19.2. The monoisotopic (exact) mass is 411 g/mol. The molecule has 1 aliphatic carbocycles. The van der Waals surface area contributed by atoms with Crippen LogP contribution >= 0.6 is 11.8 Å². The van der Waals surface area contributed by atoms with Gasteiger partial charge in [0.15, 0.2) is 5.78 Å². The molecule has 2 aliphatic rings. The fraction of sp³-hybridized carbons (Fsp3) is 0.222. The van der Waals surface area contributed by atoms with E-state index in [1.54, 1.807) is 0 Å². The summed E-state index contributed by atoms with van der Waals surface area (Å²) < 4.78 is 0. The average Bonchev–Trinajstić information content (AvgIpc) is 2.90. The van der Waals surface area contributed by atoms with Gasteiger partial charge in [-0.05, 0) is 35.6 Å². The number of nitrogens with zero attached hydrogens (tertiary/aromatic N) is 1.